The highest BCUT2D eigenvalue weighted by atomic mass is 16.5. The predicted molar refractivity (Wildman–Crippen MR) is 185 cm³/mol. The van der Waals surface area contributed by atoms with Crippen LogP contribution < -0.4 is 26.0 Å². The van der Waals surface area contributed by atoms with Gasteiger partial charge in [-0.25, -0.2) is 4.79 Å². The second kappa shape index (κ2) is 14.3. The van der Waals surface area contributed by atoms with Gasteiger partial charge in [-0.05, 0) is 71.7 Å². The molecule has 12 heteroatoms. The van der Waals surface area contributed by atoms with Crippen molar-refractivity contribution in [1.29, 1.82) is 0 Å². The van der Waals surface area contributed by atoms with E-state index < -0.39 is 11.6 Å². The van der Waals surface area contributed by atoms with E-state index in [1.807, 2.05) is 42.5 Å². The Labute approximate surface area is 287 Å². The topological polar surface area (TPSA) is 147 Å². The van der Waals surface area contributed by atoms with E-state index in [1.165, 1.54) is 4.68 Å². The fourth-order valence-electron chi connectivity index (χ4n) is 7.50. The Morgan fingerprint density at radius 1 is 1.02 bits per heavy atom. The van der Waals surface area contributed by atoms with Crippen LogP contribution >= 0.6 is 0 Å². The van der Waals surface area contributed by atoms with Crippen LogP contribution in [0.3, 0.4) is 0 Å². The van der Waals surface area contributed by atoms with Gasteiger partial charge in [-0.3, -0.25) is 19.1 Å². The number of carbonyl (C=O) groups is 4. The molecule has 3 aromatic rings. The van der Waals surface area contributed by atoms with E-state index in [0.717, 1.165) is 54.5 Å². The third-order valence-electron chi connectivity index (χ3n) is 10.5. The molecule has 3 atom stereocenters. The first-order valence-electron chi connectivity index (χ1n) is 17.3. The van der Waals surface area contributed by atoms with Crippen LogP contribution in [0, 0.1) is 11.8 Å². The molecule has 1 saturated heterocycles. The first-order valence-corrected chi connectivity index (χ1v) is 17.3. The van der Waals surface area contributed by atoms with Crippen molar-refractivity contribution in [1.82, 2.24) is 30.6 Å². The number of urea groups is 1. The van der Waals surface area contributed by atoms with E-state index in [-0.39, 0.29) is 41.6 Å². The third kappa shape index (κ3) is 7.13. The maximum atomic E-state index is 14.2. The Hall–Kier alpha value is -4.87. The molecule has 3 aliphatic rings. The summed E-state index contributed by atoms with van der Waals surface area (Å²) in [5.74, 6) is 0.116. The number of hydrogen-bond acceptors (Lipinski definition) is 6. The highest BCUT2D eigenvalue weighted by Gasteiger charge is 2.53. The van der Waals surface area contributed by atoms with E-state index in [4.69, 9.17) is 4.74 Å². The molecule has 12 nitrogen and oxygen atoms in total. The molecular weight excluding hydrogens is 622 g/mol. The van der Waals surface area contributed by atoms with E-state index in [2.05, 4.69) is 40.2 Å². The molecule has 6 rings (SSSR count). The molecule has 1 unspecified atom stereocenters. The number of hydrogen-bond donors (Lipinski definition) is 4. The summed E-state index contributed by atoms with van der Waals surface area (Å²) >= 11 is 0. The summed E-state index contributed by atoms with van der Waals surface area (Å²) in [5, 5.41) is 16.4. The molecule has 2 fully saturated rings. The number of anilines is 1. The van der Waals surface area contributed by atoms with Gasteiger partial charge in [-0.1, -0.05) is 51.3 Å². The highest BCUT2D eigenvalue weighted by Crippen LogP contribution is 2.39. The Morgan fingerprint density at radius 2 is 1.76 bits per heavy atom. The van der Waals surface area contributed by atoms with E-state index in [1.54, 1.807) is 31.3 Å². The van der Waals surface area contributed by atoms with Crippen molar-refractivity contribution in [2.24, 2.45) is 18.9 Å². The molecule has 2 aromatic carbocycles. The SMILES string of the molecule is COc1ccc(CNC(=O)C2(N3C[C@@H](C(C)C)NC3=O)Cc3ccc(NC(=O)[C@@H](NC(=O)c4ccnn4C)C4CCCCC4)cc3C2)cc1. The number of benzene rings is 2. The second-order valence-corrected chi connectivity index (χ2v) is 14.0. The summed E-state index contributed by atoms with van der Waals surface area (Å²) in [6.45, 7) is 4.84. The normalized spacial score (nSPS) is 21.2. The van der Waals surface area contributed by atoms with Gasteiger partial charge in [0.2, 0.25) is 11.8 Å². The number of ether oxygens (including phenoxy) is 1. The molecule has 0 spiro atoms. The van der Waals surface area contributed by atoms with E-state index in [0.29, 0.717) is 37.3 Å². The van der Waals surface area contributed by atoms with Gasteiger partial charge in [0.25, 0.3) is 5.91 Å². The van der Waals surface area contributed by atoms with Gasteiger partial charge in [-0.15, -0.1) is 0 Å². The molecule has 2 aliphatic carbocycles. The van der Waals surface area contributed by atoms with Gasteiger partial charge < -0.3 is 30.9 Å². The lowest BCUT2D eigenvalue weighted by Crippen LogP contribution is -2.60. The van der Waals surface area contributed by atoms with Gasteiger partial charge in [0, 0.05) is 44.9 Å². The Kier molecular flexibility index (Phi) is 9.94. The maximum Gasteiger partial charge on any atom is 0.318 e. The molecule has 1 aromatic heterocycles. The number of nitrogens with zero attached hydrogens (tertiary/aromatic N) is 3. The van der Waals surface area contributed by atoms with Crippen LogP contribution in [0.25, 0.3) is 0 Å². The van der Waals surface area contributed by atoms with Crippen molar-refractivity contribution < 1.29 is 23.9 Å². The van der Waals surface area contributed by atoms with Crippen molar-refractivity contribution in [3.63, 3.8) is 0 Å². The summed E-state index contributed by atoms with van der Waals surface area (Å²) in [4.78, 5) is 56.4. The van der Waals surface area contributed by atoms with Gasteiger partial charge in [-0.2, -0.15) is 5.10 Å². The molecule has 4 N–H and O–H groups in total. The molecule has 49 heavy (non-hydrogen) atoms. The van der Waals surface area contributed by atoms with Crippen molar-refractivity contribution in [3.05, 3.63) is 77.1 Å². The number of aromatic nitrogens is 2. The van der Waals surface area contributed by atoms with Crippen molar-refractivity contribution in [3.8, 4) is 5.75 Å². The van der Waals surface area contributed by atoms with Crippen LogP contribution in [0.2, 0.25) is 0 Å². The molecule has 0 radical (unpaired) electrons. The van der Waals surface area contributed by atoms with Crippen molar-refractivity contribution >= 4 is 29.4 Å². The van der Waals surface area contributed by atoms with Crippen LogP contribution in [0.15, 0.2) is 54.7 Å². The van der Waals surface area contributed by atoms with Crippen LogP contribution in [0.5, 0.6) is 5.75 Å². The first-order chi connectivity index (χ1) is 23.6. The number of fused-ring (bicyclic) bond motifs is 1. The molecule has 0 bridgehead atoms. The van der Waals surface area contributed by atoms with Crippen molar-refractivity contribution in [2.45, 2.75) is 83.0 Å². The fraction of sp³-hybridized carbons (Fsp3) is 0.486. The van der Waals surface area contributed by atoms with Crippen LogP contribution in [-0.4, -0.2) is 69.7 Å². The second-order valence-electron chi connectivity index (χ2n) is 14.0. The summed E-state index contributed by atoms with van der Waals surface area (Å²) in [6.07, 6.45) is 7.08. The summed E-state index contributed by atoms with van der Waals surface area (Å²) in [7, 11) is 3.31. The minimum absolute atomic E-state index is 0.0185. The minimum atomic E-state index is -1.13. The first kappa shape index (κ1) is 34.0. The summed E-state index contributed by atoms with van der Waals surface area (Å²) in [5.41, 5.74) is 2.60. The van der Waals surface area contributed by atoms with Crippen LogP contribution in [-0.2, 0) is 36.0 Å². The number of carbonyl (C=O) groups excluding carboxylic acids is 4. The monoisotopic (exact) mass is 669 g/mol. The standard InChI is InChI=1S/C37H47N7O5/c1-23(2)30-22-44(36(48)41-30)37(35(47)38-21-24-10-14-29(49-4)15-11-24)19-26-12-13-28(18-27(26)20-37)40-34(46)32(25-8-6-5-7-9-25)42-33(45)31-16-17-39-43(31)3/h10-18,23,25,30,32H,5-9,19-22H2,1-4H3,(H,38,47)(H,40,46)(H,41,48)(H,42,45)/t30-,32-,37?/m0/s1. The predicted octanol–water partition coefficient (Wildman–Crippen LogP) is 3.95. The lowest BCUT2D eigenvalue weighted by molar-refractivity contribution is -0.131. The summed E-state index contributed by atoms with van der Waals surface area (Å²) < 4.78 is 6.76. The van der Waals surface area contributed by atoms with E-state index >= 15 is 0 Å². The average Bonchev–Trinajstić information content (AvgIpc) is 3.83. The fourth-order valence-corrected chi connectivity index (χ4v) is 7.50. The van der Waals surface area contributed by atoms with Gasteiger partial charge in [0.1, 0.15) is 23.0 Å². The molecule has 1 aliphatic heterocycles. The number of amides is 5. The lowest BCUT2D eigenvalue weighted by atomic mass is 9.83. The number of nitrogens with one attached hydrogen (secondary N) is 4. The molecule has 260 valence electrons. The molecule has 5 amide bonds. The third-order valence-corrected chi connectivity index (χ3v) is 10.5. The van der Waals surface area contributed by atoms with Gasteiger partial charge in [0.15, 0.2) is 0 Å². The Balaban J connectivity index is 1.22. The lowest BCUT2D eigenvalue weighted by Gasteiger charge is -2.36. The average molecular weight is 670 g/mol. The minimum Gasteiger partial charge on any atom is -0.497 e. The largest absolute Gasteiger partial charge is 0.497 e. The number of methoxy groups -OCH3 is 1. The number of rotatable bonds is 11. The molecular formula is C37H47N7O5. The Bertz CT molecular complexity index is 1700. The quantitative estimate of drug-likeness (QED) is 0.243. The zero-order chi connectivity index (χ0) is 34.7. The number of aryl methyl sites for hydroxylation is 1. The zero-order valence-electron chi connectivity index (χ0n) is 28.8. The summed E-state index contributed by atoms with van der Waals surface area (Å²) in [6, 6.07) is 13.8. The maximum absolute atomic E-state index is 14.2. The smallest absolute Gasteiger partial charge is 0.318 e. The van der Waals surface area contributed by atoms with E-state index in [9.17, 15) is 19.2 Å². The Morgan fingerprint density at radius 3 is 2.41 bits per heavy atom. The van der Waals surface area contributed by atoms with Gasteiger partial charge in [0.05, 0.1) is 13.2 Å². The highest BCUT2D eigenvalue weighted by molar-refractivity contribution is 6.01. The van der Waals surface area contributed by atoms with Crippen LogP contribution in [0.1, 0.15) is 73.1 Å². The molecule has 2 heterocycles. The van der Waals surface area contributed by atoms with Crippen LogP contribution in [0.4, 0.5) is 10.5 Å². The zero-order valence-corrected chi connectivity index (χ0v) is 28.8. The molecule has 1 saturated carbocycles. The van der Waals surface area contributed by atoms with Crippen molar-refractivity contribution in [2.75, 3.05) is 19.0 Å². The van der Waals surface area contributed by atoms with Gasteiger partial charge >= 0.3 is 6.03 Å².